The summed E-state index contributed by atoms with van der Waals surface area (Å²) in [6.45, 7) is 9.06. The Kier molecular flexibility index (Phi) is 7.59. The highest BCUT2D eigenvalue weighted by molar-refractivity contribution is 7.09. The summed E-state index contributed by atoms with van der Waals surface area (Å²) < 4.78 is 5.93. The zero-order valence-electron chi connectivity index (χ0n) is 19.8. The van der Waals surface area contributed by atoms with Gasteiger partial charge in [-0.3, -0.25) is 14.5 Å². The highest BCUT2D eigenvalue weighted by Crippen LogP contribution is 2.23. The predicted octanol–water partition coefficient (Wildman–Crippen LogP) is 4.04. The zero-order valence-corrected chi connectivity index (χ0v) is 20.7. The third-order valence-electron chi connectivity index (χ3n) is 6.07. The van der Waals surface area contributed by atoms with Gasteiger partial charge >= 0.3 is 0 Å². The van der Waals surface area contributed by atoms with Crippen LogP contribution >= 0.6 is 11.3 Å². The molecule has 2 aromatic carbocycles. The number of thiazole rings is 1. The second kappa shape index (κ2) is 10.8. The van der Waals surface area contributed by atoms with E-state index in [1.54, 1.807) is 17.4 Å². The van der Waals surface area contributed by atoms with E-state index in [0.717, 1.165) is 27.5 Å². The molecule has 0 bridgehead atoms. The average molecular weight is 479 g/mol. The summed E-state index contributed by atoms with van der Waals surface area (Å²) in [4.78, 5) is 34.1. The molecule has 1 fully saturated rings. The number of anilines is 1. The second-order valence-electron chi connectivity index (χ2n) is 8.51. The minimum Gasteiger partial charge on any atom is -0.486 e. The van der Waals surface area contributed by atoms with Crippen molar-refractivity contribution in [3.63, 3.8) is 0 Å². The van der Waals surface area contributed by atoms with E-state index in [1.165, 1.54) is 0 Å². The van der Waals surface area contributed by atoms with Crippen molar-refractivity contribution in [1.82, 2.24) is 14.8 Å². The maximum Gasteiger partial charge on any atom is 0.257 e. The molecular weight excluding hydrogens is 448 g/mol. The number of amides is 2. The number of aromatic nitrogens is 1. The smallest absolute Gasteiger partial charge is 0.257 e. The van der Waals surface area contributed by atoms with E-state index in [9.17, 15) is 9.59 Å². The number of para-hydroxylation sites is 1. The molecule has 8 heteroatoms. The van der Waals surface area contributed by atoms with E-state index in [1.807, 2.05) is 67.4 Å². The Balaban J connectivity index is 1.30. The quantitative estimate of drug-likeness (QED) is 0.555. The van der Waals surface area contributed by atoms with Crippen molar-refractivity contribution in [2.75, 3.05) is 38.0 Å². The van der Waals surface area contributed by atoms with Gasteiger partial charge in [-0.15, -0.1) is 11.3 Å². The van der Waals surface area contributed by atoms with Crippen LogP contribution in [0.1, 0.15) is 32.2 Å². The summed E-state index contributed by atoms with van der Waals surface area (Å²) in [5.74, 6) is 0.475. The summed E-state index contributed by atoms with van der Waals surface area (Å²) >= 11 is 1.58. The first-order valence-electron chi connectivity index (χ1n) is 11.4. The number of nitrogens with zero attached hydrogens (tertiary/aromatic N) is 3. The van der Waals surface area contributed by atoms with Crippen molar-refractivity contribution in [3.8, 4) is 5.75 Å². The Hall–Kier alpha value is -3.23. The summed E-state index contributed by atoms with van der Waals surface area (Å²) in [6.07, 6.45) is 0. The van der Waals surface area contributed by atoms with Gasteiger partial charge < -0.3 is 15.0 Å². The highest BCUT2D eigenvalue weighted by atomic mass is 32.1. The lowest BCUT2D eigenvalue weighted by Gasteiger charge is -2.34. The van der Waals surface area contributed by atoms with Crippen LogP contribution in [0.3, 0.4) is 0 Å². The van der Waals surface area contributed by atoms with Crippen LogP contribution in [0.4, 0.5) is 5.69 Å². The van der Waals surface area contributed by atoms with Crippen molar-refractivity contribution in [1.29, 1.82) is 0 Å². The lowest BCUT2D eigenvalue weighted by Crippen LogP contribution is -2.50. The summed E-state index contributed by atoms with van der Waals surface area (Å²) in [5.41, 5.74) is 4.49. The molecule has 0 atom stereocenters. The predicted molar refractivity (Wildman–Crippen MR) is 135 cm³/mol. The zero-order chi connectivity index (χ0) is 24.1. The molecule has 1 saturated heterocycles. The highest BCUT2D eigenvalue weighted by Gasteiger charge is 2.25. The summed E-state index contributed by atoms with van der Waals surface area (Å²) in [5, 5.41) is 5.97. The molecule has 0 saturated carbocycles. The van der Waals surface area contributed by atoms with Crippen LogP contribution in [0.2, 0.25) is 0 Å². The number of ether oxygens (including phenoxy) is 1. The standard InChI is InChI=1S/C26H30N4O3S/c1-18-7-6-9-23(19(18)2)28-25(31)15-29-11-13-30(14-12-29)26(32)22-8-4-5-10-24(22)33-16-21-17-34-20(3)27-21/h4-10,17H,11-16H2,1-3H3,(H,28,31). The number of aryl methyl sites for hydroxylation is 2. The third kappa shape index (κ3) is 5.81. The maximum atomic E-state index is 13.2. The molecule has 2 heterocycles. The fourth-order valence-electron chi connectivity index (χ4n) is 3.95. The molecule has 0 spiro atoms. The second-order valence-corrected chi connectivity index (χ2v) is 9.57. The normalized spacial score (nSPS) is 14.1. The van der Waals surface area contributed by atoms with Gasteiger partial charge in [0.15, 0.2) is 0 Å². The molecule has 1 aliphatic heterocycles. The van der Waals surface area contributed by atoms with E-state index in [2.05, 4.69) is 15.2 Å². The number of hydrogen-bond acceptors (Lipinski definition) is 6. The molecule has 7 nitrogen and oxygen atoms in total. The Morgan fingerprint density at radius 1 is 1.03 bits per heavy atom. The van der Waals surface area contributed by atoms with Gasteiger partial charge in [0.05, 0.1) is 22.8 Å². The van der Waals surface area contributed by atoms with Crippen LogP contribution in [-0.2, 0) is 11.4 Å². The van der Waals surface area contributed by atoms with Crippen LogP contribution in [-0.4, -0.2) is 59.3 Å². The van der Waals surface area contributed by atoms with Gasteiger partial charge in [0.25, 0.3) is 5.91 Å². The number of rotatable bonds is 7. The largest absolute Gasteiger partial charge is 0.486 e. The number of hydrogen-bond donors (Lipinski definition) is 1. The number of nitrogens with one attached hydrogen (secondary N) is 1. The monoisotopic (exact) mass is 478 g/mol. The van der Waals surface area contributed by atoms with Crippen molar-refractivity contribution < 1.29 is 14.3 Å². The van der Waals surface area contributed by atoms with Crippen molar-refractivity contribution in [2.45, 2.75) is 27.4 Å². The van der Waals surface area contributed by atoms with Gasteiger partial charge in [0.2, 0.25) is 5.91 Å². The lowest BCUT2D eigenvalue weighted by atomic mass is 10.1. The number of carbonyl (C=O) groups is 2. The first kappa shape index (κ1) is 23.9. The Labute approximate surface area is 204 Å². The molecule has 178 valence electrons. The Morgan fingerprint density at radius 3 is 2.53 bits per heavy atom. The van der Waals surface area contributed by atoms with Crippen molar-refractivity contribution in [3.05, 3.63) is 75.2 Å². The molecular formula is C26H30N4O3S. The summed E-state index contributed by atoms with van der Waals surface area (Å²) in [7, 11) is 0. The fraction of sp³-hybridized carbons (Fsp3) is 0.346. The first-order chi connectivity index (χ1) is 16.4. The van der Waals surface area contributed by atoms with E-state index in [4.69, 9.17) is 4.74 Å². The minimum atomic E-state index is -0.0513. The van der Waals surface area contributed by atoms with Crippen molar-refractivity contribution >= 4 is 28.8 Å². The molecule has 1 aliphatic rings. The lowest BCUT2D eigenvalue weighted by molar-refractivity contribution is -0.117. The molecule has 4 rings (SSSR count). The van der Waals surface area contributed by atoms with E-state index < -0.39 is 0 Å². The molecule has 0 aliphatic carbocycles. The van der Waals surface area contributed by atoms with Crippen LogP contribution in [0, 0.1) is 20.8 Å². The average Bonchev–Trinajstić information content (AvgIpc) is 3.26. The first-order valence-corrected chi connectivity index (χ1v) is 12.3. The fourth-order valence-corrected chi connectivity index (χ4v) is 4.55. The molecule has 2 amide bonds. The molecule has 0 radical (unpaired) electrons. The van der Waals surface area contributed by atoms with Gasteiger partial charge in [-0.1, -0.05) is 24.3 Å². The van der Waals surface area contributed by atoms with Gasteiger partial charge in [0.1, 0.15) is 12.4 Å². The number of carbonyl (C=O) groups excluding carboxylic acids is 2. The number of piperazine rings is 1. The van der Waals surface area contributed by atoms with Crippen LogP contribution < -0.4 is 10.1 Å². The van der Waals surface area contributed by atoms with Crippen LogP contribution in [0.5, 0.6) is 5.75 Å². The van der Waals surface area contributed by atoms with Gasteiger partial charge in [-0.2, -0.15) is 0 Å². The van der Waals surface area contributed by atoms with Crippen molar-refractivity contribution in [2.24, 2.45) is 0 Å². The molecule has 0 unspecified atom stereocenters. The van der Waals surface area contributed by atoms with Crippen LogP contribution in [0.25, 0.3) is 0 Å². The van der Waals surface area contributed by atoms with Gasteiger partial charge in [-0.05, 0) is 50.1 Å². The Bertz CT molecular complexity index is 1170. The van der Waals surface area contributed by atoms with Gasteiger partial charge in [-0.25, -0.2) is 4.98 Å². The third-order valence-corrected chi connectivity index (χ3v) is 6.89. The minimum absolute atomic E-state index is 0.0375. The van der Waals surface area contributed by atoms with E-state index in [-0.39, 0.29) is 11.8 Å². The van der Waals surface area contributed by atoms with Gasteiger partial charge in [0, 0.05) is 37.2 Å². The van der Waals surface area contributed by atoms with Crippen LogP contribution in [0.15, 0.2) is 47.8 Å². The topological polar surface area (TPSA) is 74.8 Å². The molecule has 34 heavy (non-hydrogen) atoms. The van der Waals surface area contributed by atoms with E-state index >= 15 is 0 Å². The summed E-state index contributed by atoms with van der Waals surface area (Å²) in [6, 6.07) is 13.2. The molecule has 3 aromatic rings. The molecule has 1 N–H and O–H groups in total. The Morgan fingerprint density at radius 2 is 1.79 bits per heavy atom. The van der Waals surface area contributed by atoms with E-state index in [0.29, 0.717) is 50.6 Å². The SMILES string of the molecule is Cc1nc(COc2ccccc2C(=O)N2CCN(CC(=O)Nc3cccc(C)c3C)CC2)cs1. The number of benzene rings is 2. The molecule has 1 aromatic heterocycles. The maximum absolute atomic E-state index is 13.2.